The maximum Gasteiger partial charge on any atom is 0.0640 e. The molecule has 0 aliphatic heterocycles. The zero-order valence-corrected chi connectivity index (χ0v) is 11.8. The first-order valence-electron chi connectivity index (χ1n) is 6.69. The van der Waals surface area contributed by atoms with Crippen LogP contribution in [0.3, 0.4) is 0 Å². The lowest BCUT2D eigenvalue weighted by atomic mass is 10.0. The number of hydrogen-bond donors (Lipinski definition) is 1. The van der Waals surface area contributed by atoms with Gasteiger partial charge in [-0.3, -0.25) is 0 Å². The summed E-state index contributed by atoms with van der Waals surface area (Å²) >= 11 is 0. The fourth-order valence-electron chi connectivity index (χ4n) is 2.05. The first-order valence-corrected chi connectivity index (χ1v) is 6.69. The molecular formula is C15H23N3O. The van der Waals surface area contributed by atoms with Crippen LogP contribution in [0.1, 0.15) is 31.4 Å². The van der Waals surface area contributed by atoms with Crippen LogP contribution in [0.5, 0.6) is 0 Å². The molecule has 1 atom stereocenters. The summed E-state index contributed by atoms with van der Waals surface area (Å²) < 4.78 is 5.14. The highest BCUT2D eigenvalue weighted by Crippen LogP contribution is 2.26. The number of anilines is 1. The van der Waals surface area contributed by atoms with Gasteiger partial charge >= 0.3 is 0 Å². The maximum absolute atomic E-state index is 8.78. The van der Waals surface area contributed by atoms with Crippen LogP contribution < -0.4 is 10.6 Å². The van der Waals surface area contributed by atoms with Crippen molar-refractivity contribution in [2.45, 2.75) is 25.8 Å². The predicted molar refractivity (Wildman–Crippen MR) is 78.0 cm³/mol. The second kappa shape index (κ2) is 8.52. The third-order valence-corrected chi connectivity index (χ3v) is 3.18. The van der Waals surface area contributed by atoms with E-state index in [4.69, 9.17) is 15.7 Å². The van der Waals surface area contributed by atoms with Crippen molar-refractivity contribution >= 4 is 5.69 Å². The van der Waals surface area contributed by atoms with Gasteiger partial charge in [0.25, 0.3) is 0 Å². The molecule has 0 aromatic heterocycles. The largest absolute Gasteiger partial charge is 0.383 e. The predicted octanol–water partition coefficient (Wildman–Crippen LogP) is 2.46. The molecule has 0 spiro atoms. The van der Waals surface area contributed by atoms with Gasteiger partial charge in [-0.1, -0.05) is 25.1 Å². The Hall–Kier alpha value is -1.57. The lowest BCUT2D eigenvalue weighted by Gasteiger charge is -2.27. The van der Waals surface area contributed by atoms with Gasteiger partial charge in [-0.05, 0) is 18.1 Å². The first kappa shape index (κ1) is 15.5. The molecule has 0 saturated heterocycles. The summed E-state index contributed by atoms with van der Waals surface area (Å²) in [6, 6.07) is 10.4. The maximum atomic E-state index is 8.78. The van der Waals surface area contributed by atoms with Crippen molar-refractivity contribution in [3.05, 3.63) is 29.8 Å². The normalized spacial score (nSPS) is 11.9. The van der Waals surface area contributed by atoms with E-state index >= 15 is 0 Å². The second-order valence-electron chi connectivity index (χ2n) is 4.46. The zero-order valence-electron chi connectivity index (χ0n) is 11.8. The first-order chi connectivity index (χ1) is 9.24. The van der Waals surface area contributed by atoms with E-state index in [0.29, 0.717) is 19.6 Å². The smallest absolute Gasteiger partial charge is 0.0640 e. The Balaban J connectivity index is 2.96. The minimum atomic E-state index is 0.0309. The average molecular weight is 261 g/mol. The molecule has 4 nitrogen and oxygen atoms in total. The molecule has 1 rings (SSSR count). The number of benzene rings is 1. The van der Waals surface area contributed by atoms with Crippen molar-refractivity contribution < 1.29 is 4.74 Å². The van der Waals surface area contributed by atoms with E-state index in [-0.39, 0.29) is 6.04 Å². The molecule has 2 N–H and O–H groups in total. The fourth-order valence-corrected chi connectivity index (χ4v) is 2.05. The number of methoxy groups -OCH3 is 1. The van der Waals surface area contributed by atoms with Crippen LogP contribution in [0.15, 0.2) is 24.3 Å². The highest BCUT2D eigenvalue weighted by molar-refractivity contribution is 5.55. The standard InChI is InChI=1S/C15H23N3O/c1-3-14(17)13-7-4-5-8-15(13)18(10-6-9-16)11-12-19-2/h4-5,7-8,14H,3,6,10-12,17H2,1-2H3/t14-/m0/s1. The van der Waals surface area contributed by atoms with Gasteiger partial charge in [0, 0.05) is 31.9 Å². The molecule has 0 radical (unpaired) electrons. The Morgan fingerprint density at radius 2 is 2.11 bits per heavy atom. The lowest BCUT2D eigenvalue weighted by Crippen LogP contribution is -2.30. The van der Waals surface area contributed by atoms with E-state index in [1.807, 2.05) is 12.1 Å². The molecule has 0 heterocycles. The molecule has 1 aromatic carbocycles. The van der Waals surface area contributed by atoms with Gasteiger partial charge in [-0.2, -0.15) is 5.26 Å². The Labute approximate surface area is 115 Å². The van der Waals surface area contributed by atoms with Crippen molar-refractivity contribution in [2.75, 3.05) is 31.7 Å². The Morgan fingerprint density at radius 1 is 1.37 bits per heavy atom. The zero-order chi connectivity index (χ0) is 14.1. The van der Waals surface area contributed by atoms with Crippen molar-refractivity contribution in [1.29, 1.82) is 5.26 Å². The van der Waals surface area contributed by atoms with Gasteiger partial charge in [-0.15, -0.1) is 0 Å². The molecule has 0 aliphatic rings. The van der Waals surface area contributed by atoms with Crippen LogP contribution in [-0.2, 0) is 4.74 Å². The van der Waals surface area contributed by atoms with Crippen LogP contribution in [0.2, 0.25) is 0 Å². The van der Waals surface area contributed by atoms with Crippen LogP contribution in [0.4, 0.5) is 5.69 Å². The van der Waals surface area contributed by atoms with E-state index in [1.54, 1.807) is 7.11 Å². The van der Waals surface area contributed by atoms with Crippen molar-refractivity contribution in [2.24, 2.45) is 5.73 Å². The van der Waals surface area contributed by atoms with Crippen molar-refractivity contribution in [3.8, 4) is 6.07 Å². The number of nitrogens with zero attached hydrogens (tertiary/aromatic N) is 2. The summed E-state index contributed by atoms with van der Waals surface area (Å²) in [6.45, 7) is 4.19. The van der Waals surface area contributed by atoms with Gasteiger partial charge in [0.2, 0.25) is 0 Å². The summed E-state index contributed by atoms with van der Waals surface area (Å²) in [5, 5.41) is 8.78. The number of nitrogens with two attached hydrogens (primary N) is 1. The van der Waals surface area contributed by atoms with E-state index in [2.05, 4.69) is 30.0 Å². The molecule has 19 heavy (non-hydrogen) atoms. The molecule has 0 aliphatic carbocycles. The number of hydrogen-bond acceptors (Lipinski definition) is 4. The van der Waals surface area contributed by atoms with Crippen LogP contribution in [0.25, 0.3) is 0 Å². The monoisotopic (exact) mass is 261 g/mol. The quantitative estimate of drug-likeness (QED) is 0.781. The molecule has 1 aromatic rings. The summed E-state index contributed by atoms with van der Waals surface area (Å²) in [5.74, 6) is 0. The summed E-state index contributed by atoms with van der Waals surface area (Å²) in [5.41, 5.74) is 8.42. The minimum Gasteiger partial charge on any atom is -0.383 e. The van der Waals surface area contributed by atoms with E-state index in [1.165, 1.54) is 0 Å². The van der Waals surface area contributed by atoms with E-state index in [0.717, 1.165) is 24.2 Å². The van der Waals surface area contributed by atoms with E-state index in [9.17, 15) is 0 Å². The van der Waals surface area contributed by atoms with Gasteiger partial charge in [0.15, 0.2) is 0 Å². The summed E-state index contributed by atoms with van der Waals surface area (Å²) in [4.78, 5) is 2.18. The third kappa shape index (κ3) is 4.55. The lowest BCUT2D eigenvalue weighted by molar-refractivity contribution is 0.205. The number of rotatable bonds is 8. The number of nitriles is 1. The third-order valence-electron chi connectivity index (χ3n) is 3.18. The number of ether oxygens (including phenoxy) is 1. The van der Waals surface area contributed by atoms with E-state index < -0.39 is 0 Å². The summed E-state index contributed by atoms with van der Waals surface area (Å²) in [7, 11) is 1.69. The molecule has 0 amide bonds. The highest BCUT2D eigenvalue weighted by Gasteiger charge is 2.14. The van der Waals surface area contributed by atoms with Gasteiger partial charge in [-0.25, -0.2) is 0 Å². The van der Waals surface area contributed by atoms with Gasteiger partial charge in [0.05, 0.1) is 19.1 Å². The topological polar surface area (TPSA) is 62.3 Å². The molecule has 104 valence electrons. The highest BCUT2D eigenvalue weighted by atomic mass is 16.5. The second-order valence-corrected chi connectivity index (χ2v) is 4.46. The average Bonchev–Trinajstić information content (AvgIpc) is 2.47. The molecule has 0 fully saturated rings. The van der Waals surface area contributed by atoms with Crippen LogP contribution >= 0.6 is 0 Å². The van der Waals surface area contributed by atoms with Crippen molar-refractivity contribution in [3.63, 3.8) is 0 Å². The Bertz CT molecular complexity index is 414. The molecule has 0 bridgehead atoms. The van der Waals surface area contributed by atoms with Gasteiger partial charge < -0.3 is 15.4 Å². The Morgan fingerprint density at radius 3 is 2.74 bits per heavy atom. The molecule has 0 saturated carbocycles. The summed E-state index contributed by atoms with van der Waals surface area (Å²) in [6.07, 6.45) is 1.40. The minimum absolute atomic E-state index is 0.0309. The number of para-hydroxylation sites is 1. The Kier molecular flexibility index (Phi) is 6.94. The SMILES string of the molecule is CC[C@H](N)c1ccccc1N(CCC#N)CCOC. The van der Waals surface area contributed by atoms with Crippen LogP contribution in [-0.4, -0.2) is 26.8 Å². The molecule has 0 unspecified atom stereocenters. The van der Waals surface area contributed by atoms with Crippen LogP contribution in [0, 0.1) is 11.3 Å². The fraction of sp³-hybridized carbons (Fsp3) is 0.533. The van der Waals surface area contributed by atoms with Gasteiger partial charge in [0.1, 0.15) is 0 Å². The molecule has 4 heteroatoms. The molecular weight excluding hydrogens is 238 g/mol. The van der Waals surface area contributed by atoms with Crippen molar-refractivity contribution in [1.82, 2.24) is 0 Å².